The molecule has 1 fully saturated rings. The summed E-state index contributed by atoms with van der Waals surface area (Å²) in [6, 6.07) is -0.826. The van der Waals surface area contributed by atoms with Crippen molar-refractivity contribution in [2.24, 2.45) is 0 Å². The number of amides is 1. The van der Waals surface area contributed by atoms with E-state index in [1.807, 2.05) is 6.08 Å². The van der Waals surface area contributed by atoms with Crippen LogP contribution in [0.15, 0.2) is 48.6 Å². The van der Waals surface area contributed by atoms with Crippen molar-refractivity contribution in [1.29, 1.82) is 0 Å². The van der Waals surface area contributed by atoms with Crippen molar-refractivity contribution in [3.63, 3.8) is 0 Å². The summed E-state index contributed by atoms with van der Waals surface area (Å²) in [5.74, 6) is -0.184. The van der Waals surface area contributed by atoms with Crippen LogP contribution in [0, 0.1) is 0 Å². The number of hydrogen-bond acceptors (Lipinski definition) is 10. The highest BCUT2D eigenvalue weighted by atomic mass is 16.7. The predicted octanol–water partition coefficient (Wildman–Crippen LogP) is 18.7. The molecule has 85 heavy (non-hydrogen) atoms. The predicted molar refractivity (Wildman–Crippen MR) is 357 cm³/mol. The first kappa shape index (κ1) is 80.6. The lowest BCUT2D eigenvalue weighted by Crippen LogP contribution is -2.60. The van der Waals surface area contributed by atoms with Gasteiger partial charge in [0.25, 0.3) is 0 Å². The van der Waals surface area contributed by atoms with Gasteiger partial charge >= 0.3 is 5.97 Å². The zero-order chi connectivity index (χ0) is 61.6. The Morgan fingerprint density at radius 1 is 0.435 bits per heavy atom. The molecule has 11 nitrogen and oxygen atoms in total. The van der Waals surface area contributed by atoms with Crippen LogP contribution in [0.1, 0.15) is 348 Å². The van der Waals surface area contributed by atoms with Gasteiger partial charge < -0.3 is 45.1 Å². The summed E-state index contributed by atoms with van der Waals surface area (Å²) in [6.45, 7) is 4.31. The molecule has 0 spiro atoms. The van der Waals surface area contributed by atoms with E-state index in [4.69, 9.17) is 14.2 Å². The fourth-order valence-electron chi connectivity index (χ4n) is 11.4. The second-order valence-corrected chi connectivity index (χ2v) is 25.3. The van der Waals surface area contributed by atoms with Gasteiger partial charge in [0.1, 0.15) is 24.4 Å². The van der Waals surface area contributed by atoms with Crippen molar-refractivity contribution in [3.8, 4) is 0 Å². The van der Waals surface area contributed by atoms with E-state index in [-0.39, 0.29) is 18.5 Å². The van der Waals surface area contributed by atoms with Gasteiger partial charge in [-0.2, -0.15) is 0 Å². The summed E-state index contributed by atoms with van der Waals surface area (Å²) >= 11 is 0. The Morgan fingerprint density at radius 2 is 0.800 bits per heavy atom. The number of rotatable bonds is 64. The lowest BCUT2D eigenvalue weighted by Gasteiger charge is -2.40. The summed E-state index contributed by atoms with van der Waals surface area (Å²) in [4.78, 5) is 25.1. The van der Waals surface area contributed by atoms with Gasteiger partial charge in [-0.3, -0.25) is 9.59 Å². The van der Waals surface area contributed by atoms with Gasteiger partial charge in [0.2, 0.25) is 5.91 Å². The molecule has 498 valence electrons. The molecule has 1 amide bonds. The van der Waals surface area contributed by atoms with E-state index in [2.05, 4.69) is 55.6 Å². The van der Waals surface area contributed by atoms with E-state index in [1.165, 1.54) is 257 Å². The lowest BCUT2D eigenvalue weighted by molar-refractivity contribution is -0.302. The summed E-state index contributed by atoms with van der Waals surface area (Å²) < 4.78 is 16.7. The normalized spacial score (nSPS) is 18.2. The van der Waals surface area contributed by atoms with E-state index in [0.29, 0.717) is 19.4 Å². The Bertz CT molecular complexity index is 1550. The maximum absolute atomic E-state index is 13.0. The molecular weight excluding hydrogens is 1060 g/mol. The van der Waals surface area contributed by atoms with Crippen LogP contribution in [0.2, 0.25) is 0 Å². The van der Waals surface area contributed by atoms with Crippen LogP contribution in [0.25, 0.3) is 0 Å². The number of unbranched alkanes of at least 4 members (excludes halogenated alkanes) is 44. The standard InChI is InChI=1S/C74H137NO10/c1-3-5-7-9-11-13-14-15-16-32-36-39-42-46-50-54-58-62-70(79)83-63-59-55-51-47-43-40-37-34-31-29-27-25-23-21-19-17-18-20-22-24-26-28-30-33-35-38-41-45-49-53-57-61-69(78)75-66(67(77)60-56-52-48-44-12-10-8-6-4-2)65-84-74-73(82)72(81)71(80)68(64-76)85-74/h12,19,21,25,27,44,56,60,66-68,71-74,76-77,80-82H,3-11,13-18,20,22-24,26,28-43,45-55,57-59,61-65H2,1-2H3,(H,75,78)/b21-19-,27-25-,44-12+,60-56+. The molecule has 0 aliphatic carbocycles. The van der Waals surface area contributed by atoms with Crippen LogP contribution in [-0.2, 0) is 23.8 Å². The van der Waals surface area contributed by atoms with Crippen LogP contribution in [0.5, 0.6) is 0 Å². The summed E-state index contributed by atoms with van der Waals surface area (Å²) in [6.07, 6.45) is 72.8. The molecule has 1 aliphatic heterocycles. The molecule has 0 radical (unpaired) electrons. The Balaban J connectivity index is 1.91. The van der Waals surface area contributed by atoms with Gasteiger partial charge in [-0.25, -0.2) is 0 Å². The highest BCUT2D eigenvalue weighted by Gasteiger charge is 2.44. The largest absolute Gasteiger partial charge is 0.466 e. The number of nitrogens with one attached hydrogen (secondary N) is 1. The third-order valence-corrected chi connectivity index (χ3v) is 17.2. The molecule has 0 bridgehead atoms. The third kappa shape index (κ3) is 52.1. The maximum Gasteiger partial charge on any atom is 0.305 e. The molecule has 0 aromatic heterocycles. The molecule has 7 atom stereocenters. The minimum absolute atomic E-state index is 0.00910. The Hall–Kier alpha value is -2.38. The van der Waals surface area contributed by atoms with Gasteiger partial charge in [0, 0.05) is 12.8 Å². The SMILES string of the molecule is CCCCC/C=C/CC/C=C/C(O)C(COC1OC(CO)C(O)C(O)C1O)NC(=O)CCCCCCCCCCCCCCCCC/C=C\C/C=C\CCCCCCCCCCCOC(=O)CCCCCCCCCCCCCCCCCCC. The molecule has 7 unspecified atom stereocenters. The van der Waals surface area contributed by atoms with Crippen molar-refractivity contribution in [2.75, 3.05) is 19.8 Å². The highest BCUT2D eigenvalue weighted by molar-refractivity contribution is 5.76. The van der Waals surface area contributed by atoms with Gasteiger partial charge in [0.05, 0.1) is 32.0 Å². The van der Waals surface area contributed by atoms with E-state index >= 15 is 0 Å². The monoisotopic (exact) mass is 1200 g/mol. The van der Waals surface area contributed by atoms with E-state index < -0.39 is 49.5 Å². The summed E-state index contributed by atoms with van der Waals surface area (Å²) in [7, 11) is 0. The zero-order valence-electron chi connectivity index (χ0n) is 55.3. The molecule has 1 aliphatic rings. The first-order valence-corrected chi connectivity index (χ1v) is 36.4. The van der Waals surface area contributed by atoms with Crippen LogP contribution in [-0.4, -0.2) is 100 Å². The molecule has 0 aromatic rings. The zero-order valence-corrected chi connectivity index (χ0v) is 55.3. The first-order valence-electron chi connectivity index (χ1n) is 36.4. The van der Waals surface area contributed by atoms with Crippen LogP contribution < -0.4 is 5.32 Å². The van der Waals surface area contributed by atoms with Crippen molar-refractivity contribution >= 4 is 11.9 Å². The minimum atomic E-state index is -1.58. The molecule has 6 N–H and O–H groups in total. The van der Waals surface area contributed by atoms with Crippen LogP contribution in [0.4, 0.5) is 0 Å². The number of ether oxygens (including phenoxy) is 3. The minimum Gasteiger partial charge on any atom is -0.466 e. The molecule has 0 saturated carbocycles. The van der Waals surface area contributed by atoms with Crippen molar-refractivity contribution in [1.82, 2.24) is 5.32 Å². The van der Waals surface area contributed by atoms with Crippen molar-refractivity contribution in [3.05, 3.63) is 48.6 Å². The van der Waals surface area contributed by atoms with Gasteiger partial charge in [0.15, 0.2) is 6.29 Å². The molecule has 1 rings (SSSR count). The number of allylic oxidation sites excluding steroid dienone is 7. The summed E-state index contributed by atoms with van der Waals surface area (Å²) in [5.41, 5.74) is 0. The highest BCUT2D eigenvalue weighted by Crippen LogP contribution is 2.23. The number of carbonyl (C=O) groups excluding carboxylic acids is 2. The second kappa shape index (κ2) is 63.2. The second-order valence-electron chi connectivity index (χ2n) is 25.3. The van der Waals surface area contributed by atoms with E-state index in [0.717, 1.165) is 64.2 Å². The fraction of sp³-hybridized carbons (Fsp3) is 0.865. The van der Waals surface area contributed by atoms with E-state index in [9.17, 15) is 35.1 Å². The lowest BCUT2D eigenvalue weighted by atomic mass is 9.99. The number of carbonyl (C=O) groups is 2. The summed E-state index contributed by atoms with van der Waals surface area (Å²) in [5, 5.41) is 54.2. The van der Waals surface area contributed by atoms with Gasteiger partial charge in [-0.05, 0) is 77.0 Å². The van der Waals surface area contributed by atoms with Crippen molar-refractivity contribution < 1.29 is 49.3 Å². The quantitative estimate of drug-likeness (QED) is 0.0195. The third-order valence-electron chi connectivity index (χ3n) is 17.2. The average molecular weight is 1200 g/mol. The van der Waals surface area contributed by atoms with Crippen LogP contribution in [0.3, 0.4) is 0 Å². The number of aliphatic hydroxyl groups is 5. The Morgan fingerprint density at radius 3 is 1.26 bits per heavy atom. The van der Waals surface area contributed by atoms with Gasteiger partial charge in [-0.1, -0.05) is 306 Å². The number of esters is 1. The number of aliphatic hydroxyl groups excluding tert-OH is 5. The van der Waals surface area contributed by atoms with Crippen LogP contribution >= 0.6 is 0 Å². The molecule has 1 heterocycles. The molecular formula is C74H137NO10. The Labute approximate surface area is 523 Å². The van der Waals surface area contributed by atoms with Gasteiger partial charge in [-0.15, -0.1) is 0 Å². The van der Waals surface area contributed by atoms with E-state index in [1.54, 1.807) is 6.08 Å². The molecule has 1 saturated heterocycles. The topological polar surface area (TPSA) is 175 Å². The smallest absolute Gasteiger partial charge is 0.305 e. The molecule has 0 aromatic carbocycles. The first-order chi connectivity index (χ1) is 41.7. The van der Waals surface area contributed by atoms with Crippen molar-refractivity contribution in [2.45, 2.75) is 391 Å². The molecule has 11 heteroatoms. The average Bonchev–Trinajstić information content (AvgIpc) is 3.71. The maximum atomic E-state index is 13.0. The number of hydrogen-bond donors (Lipinski definition) is 6. The Kier molecular flexibility index (Phi) is 60.0. The fourth-order valence-corrected chi connectivity index (χ4v) is 11.4.